The molecule has 1 aromatic rings. The van der Waals surface area contributed by atoms with E-state index < -0.39 is 0 Å². The summed E-state index contributed by atoms with van der Waals surface area (Å²) in [7, 11) is 1.64. The van der Waals surface area contributed by atoms with Crippen LogP contribution in [0.1, 0.15) is 20.3 Å². The van der Waals surface area contributed by atoms with Crippen LogP contribution in [-0.2, 0) is 0 Å². The van der Waals surface area contributed by atoms with E-state index in [0.29, 0.717) is 11.1 Å². The van der Waals surface area contributed by atoms with E-state index in [4.69, 9.17) is 10.5 Å². The Balaban J connectivity index is 1.95. The second-order valence-corrected chi connectivity index (χ2v) is 5.23. The van der Waals surface area contributed by atoms with Crippen LogP contribution < -0.4 is 15.8 Å². The molecule has 0 saturated heterocycles. The highest BCUT2D eigenvalue weighted by Gasteiger charge is 2.44. The number of methoxy groups -OCH3 is 1. The first-order valence-corrected chi connectivity index (χ1v) is 5.70. The van der Waals surface area contributed by atoms with Crippen molar-refractivity contribution in [3.63, 3.8) is 0 Å². The molecule has 88 valence electrons. The minimum Gasteiger partial charge on any atom is -0.495 e. The Morgan fingerprint density at radius 3 is 2.75 bits per heavy atom. The molecule has 0 amide bonds. The summed E-state index contributed by atoms with van der Waals surface area (Å²) in [5.41, 5.74) is 8.04. The highest BCUT2D eigenvalue weighted by atomic mass is 16.5. The van der Waals surface area contributed by atoms with Gasteiger partial charge in [0.25, 0.3) is 0 Å². The molecule has 1 saturated carbocycles. The molecule has 0 heterocycles. The van der Waals surface area contributed by atoms with Crippen molar-refractivity contribution in [3.05, 3.63) is 18.2 Å². The maximum atomic E-state index is 5.76. The molecular weight excluding hydrogens is 200 g/mol. The van der Waals surface area contributed by atoms with Crippen molar-refractivity contribution >= 4 is 11.4 Å². The van der Waals surface area contributed by atoms with Crippen LogP contribution in [0, 0.1) is 11.3 Å². The third kappa shape index (κ3) is 2.23. The molecule has 0 radical (unpaired) electrons. The third-order valence-corrected chi connectivity index (χ3v) is 3.50. The van der Waals surface area contributed by atoms with Crippen molar-refractivity contribution in [2.75, 3.05) is 24.7 Å². The van der Waals surface area contributed by atoms with Crippen molar-refractivity contribution < 1.29 is 4.74 Å². The van der Waals surface area contributed by atoms with E-state index in [-0.39, 0.29) is 0 Å². The molecule has 0 spiro atoms. The van der Waals surface area contributed by atoms with Crippen molar-refractivity contribution in [1.29, 1.82) is 0 Å². The lowest BCUT2D eigenvalue weighted by atomic mass is 10.1. The fourth-order valence-corrected chi connectivity index (χ4v) is 1.99. The number of hydrogen-bond donors (Lipinski definition) is 2. The van der Waals surface area contributed by atoms with Gasteiger partial charge in [-0.3, -0.25) is 0 Å². The Morgan fingerprint density at radius 1 is 1.50 bits per heavy atom. The molecular formula is C13H20N2O. The van der Waals surface area contributed by atoms with Gasteiger partial charge in [-0.05, 0) is 29.9 Å². The number of ether oxygens (including phenoxy) is 1. The number of nitrogens with two attached hydrogens (primary N) is 1. The van der Waals surface area contributed by atoms with Crippen molar-refractivity contribution in [2.24, 2.45) is 11.3 Å². The van der Waals surface area contributed by atoms with Crippen LogP contribution >= 0.6 is 0 Å². The molecule has 0 bridgehead atoms. The van der Waals surface area contributed by atoms with E-state index in [9.17, 15) is 0 Å². The number of benzene rings is 1. The lowest BCUT2D eigenvalue weighted by Gasteiger charge is -2.10. The zero-order valence-corrected chi connectivity index (χ0v) is 10.2. The highest BCUT2D eigenvalue weighted by Crippen LogP contribution is 2.51. The van der Waals surface area contributed by atoms with Gasteiger partial charge in [0, 0.05) is 18.3 Å². The van der Waals surface area contributed by atoms with Gasteiger partial charge < -0.3 is 15.8 Å². The highest BCUT2D eigenvalue weighted by molar-refractivity contribution is 5.61. The van der Waals surface area contributed by atoms with Gasteiger partial charge in [-0.25, -0.2) is 0 Å². The Morgan fingerprint density at radius 2 is 2.19 bits per heavy atom. The molecule has 3 heteroatoms. The van der Waals surface area contributed by atoms with Gasteiger partial charge >= 0.3 is 0 Å². The van der Waals surface area contributed by atoms with Crippen molar-refractivity contribution in [2.45, 2.75) is 20.3 Å². The van der Waals surface area contributed by atoms with Gasteiger partial charge in [0.1, 0.15) is 5.75 Å². The molecule has 1 unspecified atom stereocenters. The zero-order chi connectivity index (χ0) is 11.8. The van der Waals surface area contributed by atoms with Crippen LogP contribution in [-0.4, -0.2) is 13.7 Å². The van der Waals surface area contributed by atoms with Gasteiger partial charge in [-0.1, -0.05) is 13.8 Å². The van der Waals surface area contributed by atoms with E-state index >= 15 is 0 Å². The molecule has 2 rings (SSSR count). The number of hydrogen-bond acceptors (Lipinski definition) is 3. The monoisotopic (exact) mass is 220 g/mol. The summed E-state index contributed by atoms with van der Waals surface area (Å²) in [4.78, 5) is 0. The lowest BCUT2D eigenvalue weighted by molar-refractivity contribution is 0.417. The Kier molecular flexibility index (Phi) is 2.70. The summed E-state index contributed by atoms with van der Waals surface area (Å²) in [6, 6.07) is 5.82. The third-order valence-electron chi connectivity index (χ3n) is 3.50. The molecule has 0 aromatic heterocycles. The van der Waals surface area contributed by atoms with Gasteiger partial charge in [0.05, 0.1) is 12.8 Å². The predicted octanol–water partition coefficient (Wildman–Crippen LogP) is 2.74. The minimum atomic E-state index is 0.519. The van der Waals surface area contributed by atoms with Crippen molar-refractivity contribution in [1.82, 2.24) is 0 Å². The summed E-state index contributed by atoms with van der Waals surface area (Å²) >= 11 is 0. The summed E-state index contributed by atoms with van der Waals surface area (Å²) in [5, 5.41) is 3.43. The molecule has 16 heavy (non-hydrogen) atoms. The van der Waals surface area contributed by atoms with Crippen LogP contribution in [0.2, 0.25) is 0 Å². The number of nitrogens with one attached hydrogen (secondary N) is 1. The maximum Gasteiger partial charge on any atom is 0.143 e. The van der Waals surface area contributed by atoms with Crippen LogP contribution in [0.25, 0.3) is 0 Å². The number of anilines is 2. The SMILES string of the molecule is COc1cc(NCC2CC2(C)C)ccc1N. The Labute approximate surface area is 97.0 Å². The minimum absolute atomic E-state index is 0.519. The fraction of sp³-hybridized carbons (Fsp3) is 0.538. The van der Waals surface area contributed by atoms with Crippen molar-refractivity contribution in [3.8, 4) is 5.75 Å². The Bertz CT molecular complexity index is 388. The molecule has 1 atom stereocenters. The standard InChI is InChI=1S/C13H20N2O/c1-13(2)7-9(13)8-15-10-4-5-11(14)12(6-10)16-3/h4-6,9,15H,7-8,14H2,1-3H3. The molecule has 3 N–H and O–H groups in total. The molecule has 1 aliphatic carbocycles. The summed E-state index contributed by atoms with van der Waals surface area (Å²) in [5.74, 6) is 1.52. The average molecular weight is 220 g/mol. The molecule has 0 aliphatic heterocycles. The largest absolute Gasteiger partial charge is 0.495 e. The number of nitrogen functional groups attached to an aromatic ring is 1. The normalized spacial score (nSPS) is 21.6. The summed E-state index contributed by atoms with van der Waals surface area (Å²) in [6.45, 7) is 5.64. The van der Waals surface area contributed by atoms with Crippen LogP contribution in [0.3, 0.4) is 0 Å². The van der Waals surface area contributed by atoms with E-state index in [0.717, 1.165) is 23.9 Å². The second-order valence-electron chi connectivity index (χ2n) is 5.23. The van der Waals surface area contributed by atoms with E-state index in [1.165, 1.54) is 6.42 Å². The maximum absolute atomic E-state index is 5.76. The molecule has 1 fully saturated rings. The van der Waals surface area contributed by atoms with Crippen LogP contribution in [0.15, 0.2) is 18.2 Å². The molecule has 1 aromatic carbocycles. The zero-order valence-electron chi connectivity index (χ0n) is 10.2. The summed E-state index contributed by atoms with van der Waals surface area (Å²) in [6.07, 6.45) is 1.31. The van der Waals surface area contributed by atoms with E-state index in [1.807, 2.05) is 18.2 Å². The molecule has 3 nitrogen and oxygen atoms in total. The summed E-state index contributed by atoms with van der Waals surface area (Å²) < 4.78 is 5.18. The van der Waals surface area contributed by atoms with Crippen LogP contribution in [0.4, 0.5) is 11.4 Å². The second kappa shape index (κ2) is 3.89. The topological polar surface area (TPSA) is 47.3 Å². The van der Waals surface area contributed by atoms with Gasteiger partial charge in [0.15, 0.2) is 0 Å². The smallest absolute Gasteiger partial charge is 0.143 e. The number of rotatable bonds is 4. The van der Waals surface area contributed by atoms with Gasteiger partial charge in [-0.2, -0.15) is 0 Å². The van der Waals surface area contributed by atoms with E-state index in [2.05, 4.69) is 19.2 Å². The van der Waals surface area contributed by atoms with Gasteiger partial charge in [0.2, 0.25) is 0 Å². The molecule has 1 aliphatic rings. The first-order valence-electron chi connectivity index (χ1n) is 5.70. The van der Waals surface area contributed by atoms with Crippen LogP contribution in [0.5, 0.6) is 5.75 Å². The predicted molar refractivity (Wildman–Crippen MR) is 67.8 cm³/mol. The average Bonchev–Trinajstić information content (AvgIpc) is 2.85. The fourth-order valence-electron chi connectivity index (χ4n) is 1.99. The lowest BCUT2D eigenvalue weighted by Crippen LogP contribution is -2.07. The first-order chi connectivity index (χ1) is 7.53. The van der Waals surface area contributed by atoms with E-state index in [1.54, 1.807) is 7.11 Å². The van der Waals surface area contributed by atoms with Gasteiger partial charge in [-0.15, -0.1) is 0 Å². The first kappa shape index (κ1) is 11.1. The Hall–Kier alpha value is -1.38. The quantitative estimate of drug-likeness (QED) is 0.767.